The van der Waals surface area contributed by atoms with E-state index < -0.39 is 29.4 Å². The number of rotatable bonds is 5. The van der Waals surface area contributed by atoms with Crippen LogP contribution in [0.5, 0.6) is 5.88 Å². The number of imide groups is 1. The van der Waals surface area contributed by atoms with E-state index >= 15 is 8.78 Å². The normalized spacial score (nSPS) is 22.8. The summed E-state index contributed by atoms with van der Waals surface area (Å²) < 4.78 is 38.5. The summed E-state index contributed by atoms with van der Waals surface area (Å²) in [5.41, 5.74) is 6.48. The Morgan fingerprint density at radius 1 is 0.921 bits per heavy atom. The third-order valence-electron chi connectivity index (χ3n) is 12.9. The van der Waals surface area contributed by atoms with E-state index in [-0.39, 0.29) is 42.1 Å². The molecular weight excluding hydrogens is 811 g/mol. The van der Waals surface area contributed by atoms with Gasteiger partial charge in [0.05, 0.1) is 47.3 Å². The van der Waals surface area contributed by atoms with Crippen molar-refractivity contribution in [2.75, 3.05) is 67.5 Å². The van der Waals surface area contributed by atoms with Gasteiger partial charge in [0.25, 0.3) is 5.91 Å². The number of aryl methyl sites for hydroxylation is 3. The summed E-state index contributed by atoms with van der Waals surface area (Å²) in [5.74, 6) is -3.17. The smallest absolute Gasteiger partial charge is 0.280 e. The maximum absolute atomic E-state index is 15.3. The molecule has 63 heavy (non-hydrogen) atoms. The first-order valence-corrected chi connectivity index (χ1v) is 21.8. The Balaban J connectivity index is 0.855. The van der Waals surface area contributed by atoms with Crippen LogP contribution in [-0.4, -0.2) is 107 Å². The lowest BCUT2D eigenvalue weighted by atomic mass is 9.89. The molecule has 0 aliphatic carbocycles. The Labute approximate surface area is 364 Å². The fourth-order valence-corrected chi connectivity index (χ4v) is 9.64. The number of piperidine rings is 1. The average Bonchev–Trinajstić information content (AvgIpc) is 3.97. The Kier molecular flexibility index (Phi) is 11.5. The lowest BCUT2D eigenvalue weighted by Gasteiger charge is -2.36. The number of nitrogens with one attached hydrogen (secondary N) is 2. The van der Waals surface area contributed by atoms with Crippen LogP contribution in [0, 0.1) is 37.3 Å². The molecule has 4 amide bonds. The summed E-state index contributed by atoms with van der Waals surface area (Å²) in [6.07, 6.45) is 4.07. The maximum atomic E-state index is 15.3. The van der Waals surface area contributed by atoms with Gasteiger partial charge in [-0.25, -0.2) is 13.5 Å². The van der Waals surface area contributed by atoms with Crippen molar-refractivity contribution < 1.29 is 32.7 Å². The number of ether oxygens (including phenoxy) is 1. The number of aromatic nitrogens is 3. The van der Waals surface area contributed by atoms with Gasteiger partial charge in [0.1, 0.15) is 11.6 Å². The van der Waals surface area contributed by atoms with E-state index in [1.54, 1.807) is 23.0 Å². The molecule has 0 radical (unpaired) electrons. The minimum absolute atomic E-state index is 0.0209. The zero-order valence-corrected chi connectivity index (χ0v) is 36.0. The minimum atomic E-state index is -1.07. The monoisotopic (exact) mass is 862 g/mol. The van der Waals surface area contributed by atoms with Crippen LogP contribution in [0.15, 0.2) is 47.6 Å². The first kappa shape index (κ1) is 42.1. The van der Waals surface area contributed by atoms with E-state index in [2.05, 4.69) is 56.5 Å². The number of nitrogens with zero attached hydrogens (tertiary/aromatic N) is 8. The molecule has 2 N–H and O–H groups in total. The summed E-state index contributed by atoms with van der Waals surface area (Å²) in [6.45, 7) is 11.3. The molecule has 2 aromatic carbocycles. The molecule has 3 fully saturated rings. The van der Waals surface area contributed by atoms with E-state index in [0.29, 0.717) is 99.9 Å². The molecule has 15 nitrogen and oxygen atoms in total. The lowest BCUT2D eigenvalue weighted by molar-refractivity contribution is -0.137. The van der Waals surface area contributed by atoms with Crippen LogP contribution in [0.1, 0.15) is 77.7 Å². The number of piperazine rings is 1. The van der Waals surface area contributed by atoms with Crippen LogP contribution < -0.4 is 25.2 Å². The second kappa shape index (κ2) is 17.1. The van der Waals surface area contributed by atoms with Crippen molar-refractivity contribution in [3.05, 3.63) is 82.2 Å². The van der Waals surface area contributed by atoms with E-state index in [1.165, 1.54) is 12.1 Å². The van der Waals surface area contributed by atoms with Crippen molar-refractivity contribution in [2.45, 2.75) is 65.3 Å². The van der Waals surface area contributed by atoms with Crippen LogP contribution in [-0.2, 0) is 28.0 Å². The summed E-state index contributed by atoms with van der Waals surface area (Å²) >= 11 is 0. The van der Waals surface area contributed by atoms with E-state index in [9.17, 15) is 19.2 Å². The molecule has 17 heteroatoms. The van der Waals surface area contributed by atoms with Gasteiger partial charge in [-0.05, 0) is 86.9 Å². The maximum Gasteiger partial charge on any atom is 0.280 e. The van der Waals surface area contributed by atoms with Gasteiger partial charge >= 0.3 is 0 Å². The highest BCUT2D eigenvalue weighted by molar-refractivity contribution is 6.19. The quantitative estimate of drug-likeness (QED) is 0.251. The van der Waals surface area contributed by atoms with E-state index in [1.807, 2.05) is 23.8 Å². The molecule has 9 rings (SSSR count). The molecule has 5 aliphatic rings. The number of aliphatic imine (C=N–C) groups is 1. The van der Waals surface area contributed by atoms with Crippen molar-refractivity contribution in [3.63, 3.8) is 0 Å². The number of amides is 4. The van der Waals surface area contributed by atoms with Gasteiger partial charge in [0.15, 0.2) is 0 Å². The standard InChI is InChI=1S/C46H52F2N10O5/c1-26-6-5-15-63-45-34(22-49-54(45)4)37-19-31(17-28(3)50-37)42(60)53-46-52-41-27(2)16-29(18-38(41)58(46)23-26)24-55-11-13-56(14-12-55)44(62)30-9-10-57(25-30)32-20-35(47)40(36(48)21-32)33-7-8-39(59)51-43(33)61/h16-22,26,30,33H,5-15,23-25H2,1-4H3,(H,51,59,61)(H,52,53,60)/t26-,30-,33-/m1/s1. The first-order valence-electron chi connectivity index (χ1n) is 21.8. The van der Waals surface area contributed by atoms with Gasteiger partial charge in [-0.2, -0.15) is 10.1 Å². The van der Waals surface area contributed by atoms with Crippen molar-refractivity contribution in [1.29, 1.82) is 0 Å². The molecule has 0 unspecified atom stereocenters. The van der Waals surface area contributed by atoms with Crippen molar-refractivity contribution in [1.82, 2.24) is 29.9 Å². The number of halogens is 2. The predicted molar refractivity (Wildman–Crippen MR) is 233 cm³/mol. The molecule has 0 spiro atoms. The van der Waals surface area contributed by atoms with E-state index in [0.717, 1.165) is 40.9 Å². The number of hydrogen-bond acceptors (Lipinski definition) is 11. The summed E-state index contributed by atoms with van der Waals surface area (Å²) in [5, 5.41) is 10.1. The fourth-order valence-electron chi connectivity index (χ4n) is 9.64. The SMILES string of the molecule is Cc1cc2cc(n1)-c1cnn(C)c1OCCC[C@@H](C)CN1/C(=N/C2=O)Nc2c(C)cc(CN3CCN(C(=O)[C@@H]4CCN(c5cc(F)c([C@H]6CCC(=O)NC6=O)c(F)c5)C4)CC3)cc21. The molecule has 4 aromatic rings. The van der Waals surface area contributed by atoms with Crippen molar-refractivity contribution in [2.24, 2.45) is 23.9 Å². The van der Waals surface area contributed by atoms with Crippen LogP contribution in [0.3, 0.4) is 0 Å². The molecule has 330 valence electrons. The van der Waals surface area contributed by atoms with E-state index in [4.69, 9.17) is 9.72 Å². The summed E-state index contributed by atoms with van der Waals surface area (Å²) in [6, 6.07) is 10.3. The Bertz CT molecular complexity index is 2510. The van der Waals surface area contributed by atoms with Gasteiger partial charge < -0.3 is 24.8 Å². The Hall–Kier alpha value is -6.23. The third-order valence-corrected chi connectivity index (χ3v) is 12.9. The molecule has 3 atom stereocenters. The number of benzene rings is 2. The number of carbonyl (C=O) groups is 4. The van der Waals surface area contributed by atoms with Crippen LogP contribution >= 0.6 is 0 Å². The van der Waals surface area contributed by atoms with Gasteiger partial charge in [-0.15, -0.1) is 0 Å². The number of carbonyl (C=O) groups excluding carboxylic acids is 4. The molecule has 0 saturated carbocycles. The largest absolute Gasteiger partial charge is 0.477 e. The topological polar surface area (TPSA) is 158 Å². The second-order valence-electron chi connectivity index (χ2n) is 17.6. The Morgan fingerprint density at radius 2 is 1.70 bits per heavy atom. The van der Waals surface area contributed by atoms with Gasteiger partial charge in [-0.1, -0.05) is 13.0 Å². The number of pyridine rings is 1. The van der Waals surface area contributed by atoms with Crippen LogP contribution in [0.25, 0.3) is 11.3 Å². The fraction of sp³-hybridized carbons (Fsp3) is 0.457. The lowest BCUT2D eigenvalue weighted by Crippen LogP contribution is -2.50. The van der Waals surface area contributed by atoms with Gasteiger partial charge in [0.2, 0.25) is 29.6 Å². The van der Waals surface area contributed by atoms with Crippen molar-refractivity contribution >= 4 is 46.7 Å². The summed E-state index contributed by atoms with van der Waals surface area (Å²) in [4.78, 5) is 69.1. The number of anilines is 3. The molecule has 5 aliphatic heterocycles. The molecule has 2 aromatic heterocycles. The Morgan fingerprint density at radius 3 is 2.46 bits per heavy atom. The minimum Gasteiger partial charge on any atom is -0.477 e. The highest BCUT2D eigenvalue weighted by Gasteiger charge is 2.37. The van der Waals surface area contributed by atoms with Crippen LogP contribution in [0.2, 0.25) is 0 Å². The second-order valence-corrected chi connectivity index (χ2v) is 17.6. The molecular formula is C46H52F2N10O5. The van der Waals surface area contributed by atoms with Crippen LogP contribution in [0.4, 0.5) is 25.8 Å². The molecule has 2 bridgehead atoms. The predicted octanol–water partition coefficient (Wildman–Crippen LogP) is 5.31. The van der Waals surface area contributed by atoms with Crippen molar-refractivity contribution in [3.8, 4) is 17.1 Å². The van der Waals surface area contributed by atoms with Gasteiger partial charge in [0, 0.05) is 88.3 Å². The average molecular weight is 863 g/mol. The molecule has 3 saturated heterocycles. The molecule has 7 heterocycles. The number of hydrogen-bond donors (Lipinski definition) is 2. The zero-order chi connectivity index (χ0) is 44.1. The van der Waals surface area contributed by atoms with Gasteiger partial charge in [-0.3, -0.25) is 34.4 Å². The summed E-state index contributed by atoms with van der Waals surface area (Å²) in [7, 11) is 1.83. The number of guanidine groups is 1. The third kappa shape index (κ3) is 8.50. The highest BCUT2D eigenvalue weighted by atomic mass is 19.1. The number of fused-ring (bicyclic) bond motifs is 7. The zero-order valence-electron chi connectivity index (χ0n) is 36.0. The first-order chi connectivity index (χ1) is 30.3. The highest BCUT2D eigenvalue weighted by Crippen LogP contribution is 2.39.